The molecule has 0 aliphatic rings. The van der Waals surface area contributed by atoms with Crippen LogP contribution in [0, 0.1) is 0 Å². The zero-order valence-corrected chi connectivity index (χ0v) is 13.9. The molecule has 0 saturated heterocycles. The highest BCUT2D eigenvalue weighted by atomic mass is 16.6. The van der Waals surface area contributed by atoms with Gasteiger partial charge in [0.2, 0.25) is 0 Å². The summed E-state index contributed by atoms with van der Waals surface area (Å²) < 4.78 is 20.5. The summed E-state index contributed by atoms with van der Waals surface area (Å²) in [5.74, 6) is -0.356. The molecule has 6 nitrogen and oxygen atoms in total. The fourth-order valence-corrected chi connectivity index (χ4v) is 1.62. The van der Waals surface area contributed by atoms with Crippen molar-refractivity contribution in [2.75, 3.05) is 39.6 Å². The topological polar surface area (TPSA) is 71.1 Å². The zero-order chi connectivity index (χ0) is 16.5. The predicted molar refractivity (Wildman–Crippen MR) is 82.6 cm³/mol. The molecule has 0 atom stereocenters. The van der Waals surface area contributed by atoms with Gasteiger partial charge in [-0.15, -0.1) is 0 Å². The van der Waals surface area contributed by atoms with Crippen LogP contribution in [-0.4, -0.2) is 51.6 Å². The monoisotopic (exact) mass is 318 g/mol. The lowest BCUT2D eigenvalue weighted by Gasteiger charge is -2.07. The van der Waals surface area contributed by atoms with Gasteiger partial charge < -0.3 is 18.9 Å². The Labute approximate surface area is 133 Å². The van der Waals surface area contributed by atoms with Crippen molar-refractivity contribution in [3.63, 3.8) is 0 Å². The molecule has 0 bridgehead atoms. The first-order valence-electron chi connectivity index (χ1n) is 8.17. The number of hydrogen-bond acceptors (Lipinski definition) is 6. The van der Waals surface area contributed by atoms with E-state index in [0.717, 1.165) is 25.7 Å². The lowest BCUT2D eigenvalue weighted by Crippen LogP contribution is -2.14. The Morgan fingerprint density at radius 1 is 0.636 bits per heavy atom. The Morgan fingerprint density at radius 2 is 1.14 bits per heavy atom. The van der Waals surface area contributed by atoms with Gasteiger partial charge in [-0.25, -0.2) is 0 Å². The third kappa shape index (κ3) is 15.3. The quantitative estimate of drug-likeness (QED) is 0.341. The van der Waals surface area contributed by atoms with Crippen molar-refractivity contribution in [1.82, 2.24) is 0 Å². The normalized spacial score (nSPS) is 10.5. The maximum absolute atomic E-state index is 11.3. The van der Waals surface area contributed by atoms with Crippen LogP contribution >= 0.6 is 0 Å². The molecule has 0 aliphatic carbocycles. The lowest BCUT2D eigenvalue weighted by atomic mass is 10.2. The van der Waals surface area contributed by atoms with Crippen LogP contribution in [0.4, 0.5) is 0 Å². The molecule has 0 aromatic rings. The van der Waals surface area contributed by atoms with Gasteiger partial charge in [0.25, 0.3) is 0 Å². The van der Waals surface area contributed by atoms with Crippen molar-refractivity contribution in [2.45, 2.75) is 52.4 Å². The van der Waals surface area contributed by atoms with Crippen molar-refractivity contribution in [2.24, 2.45) is 0 Å². The largest absolute Gasteiger partial charge is 0.463 e. The van der Waals surface area contributed by atoms with Gasteiger partial charge in [0.1, 0.15) is 13.2 Å². The van der Waals surface area contributed by atoms with Gasteiger partial charge in [0.15, 0.2) is 0 Å². The maximum Gasteiger partial charge on any atom is 0.305 e. The minimum absolute atomic E-state index is 0.165. The van der Waals surface area contributed by atoms with Gasteiger partial charge >= 0.3 is 11.9 Å². The van der Waals surface area contributed by atoms with E-state index in [0.29, 0.717) is 39.3 Å². The second-order valence-corrected chi connectivity index (χ2v) is 4.87. The van der Waals surface area contributed by atoms with Crippen LogP contribution in [0.25, 0.3) is 0 Å². The molecule has 0 heterocycles. The minimum atomic E-state index is -0.192. The Balaban J connectivity index is 3.17. The first-order valence-corrected chi connectivity index (χ1v) is 8.17. The Hall–Kier alpha value is -1.14. The second kappa shape index (κ2) is 16.2. The average Bonchev–Trinajstić information content (AvgIpc) is 2.49. The van der Waals surface area contributed by atoms with Crippen LogP contribution in [-0.2, 0) is 28.5 Å². The Kier molecular flexibility index (Phi) is 15.4. The first-order chi connectivity index (χ1) is 10.7. The predicted octanol–water partition coefficient (Wildman–Crippen LogP) is 2.49. The molecule has 0 spiro atoms. The molecule has 0 amide bonds. The van der Waals surface area contributed by atoms with Gasteiger partial charge in [-0.3, -0.25) is 9.59 Å². The summed E-state index contributed by atoms with van der Waals surface area (Å²) in [5, 5.41) is 0. The summed E-state index contributed by atoms with van der Waals surface area (Å²) in [6, 6.07) is 0. The van der Waals surface area contributed by atoms with Crippen LogP contribution in [0.5, 0.6) is 0 Å². The molecular formula is C16H30O6. The smallest absolute Gasteiger partial charge is 0.305 e. The van der Waals surface area contributed by atoms with Crippen molar-refractivity contribution >= 4 is 11.9 Å². The molecule has 0 N–H and O–H groups in total. The van der Waals surface area contributed by atoms with Crippen LogP contribution in [0.15, 0.2) is 0 Å². The van der Waals surface area contributed by atoms with Crippen molar-refractivity contribution in [3.05, 3.63) is 0 Å². The van der Waals surface area contributed by atoms with Gasteiger partial charge in [0, 0.05) is 12.8 Å². The second-order valence-electron chi connectivity index (χ2n) is 4.87. The molecule has 0 aromatic heterocycles. The molecule has 0 aliphatic heterocycles. The van der Waals surface area contributed by atoms with E-state index in [4.69, 9.17) is 18.9 Å². The van der Waals surface area contributed by atoms with E-state index in [9.17, 15) is 9.59 Å². The van der Waals surface area contributed by atoms with E-state index in [1.807, 2.05) is 6.92 Å². The summed E-state index contributed by atoms with van der Waals surface area (Å²) in [6.45, 7) is 6.16. The van der Waals surface area contributed by atoms with E-state index in [2.05, 4.69) is 6.92 Å². The summed E-state index contributed by atoms with van der Waals surface area (Å²) in [6.07, 6.45) is 4.74. The van der Waals surface area contributed by atoms with Crippen LogP contribution in [0.3, 0.4) is 0 Å². The van der Waals surface area contributed by atoms with Crippen molar-refractivity contribution < 1.29 is 28.5 Å². The summed E-state index contributed by atoms with van der Waals surface area (Å²) in [7, 11) is 0. The molecular weight excluding hydrogens is 288 g/mol. The maximum atomic E-state index is 11.3. The minimum Gasteiger partial charge on any atom is -0.463 e. The molecule has 0 unspecified atom stereocenters. The van der Waals surface area contributed by atoms with E-state index in [1.165, 1.54) is 0 Å². The fraction of sp³-hybridized carbons (Fsp3) is 0.875. The number of carbonyl (C=O) groups excluding carboxylic acids is 2. The van der Waals surface area contributed by atoms with Crippen LogP contribution in [0.1, 0.15) is 52.4 Å². The SMILES string of the molecule is CCCCCC(=O)OCCOCCOCCOC(=O)CCC. The Morgan fingerprint density at radius 3 is 1.64 bits per heavy atom. The number of hydrogen-bond donors (Lipinski definition) is 0. The van der Waals surface area contributed by atoms with Gasteiger partial charge in [-0.05, 0) is 12.8 Å². The fourth-order valence-electron chi connectivity index (χ4n) is 1.62. The number of rotatable bonds is 15. The average molecular weight is 318 g/mol. The number of ether oxygens (including phenoxy) is 4. The van der Waals surface area contributed by atoms with E-state index < -0.39 is 0 Å². The molecule has 0 fully saturated rings. The zero-order valence-electron chi connectivity index (χ0n) is 13.9. The van der Waals surface area contributed by atoms with E-state index >= 15 is 0 Å². The molecule has 6 heteroatoms. The van der Waals surface area contributed by atoms with Crippen LogP contribution in [0.2, 0.25) is 0 Å². The molecule has 0 rings (SSSR count). The highest BCUT2D eigenvalue weighted by Gasteiger charge is 2.02. The summed E-state index contributed by atoms with van der Waals surface area (Å²) in [4.78, 5) is 22.3. The van der Waals surface area contributed by atoms with Gasteiger partial charge in [0.05, 0.1) is 26.4 Å². The molecule has 0 radical (unpaired) electrons. The highest BCUT2D eigenvalue weighted by Crippen LogP contribution is 2.00. The van der Waals surface area contributed by atoms with Crippen LogP contribution < -0.4 is 0 Å². The standard InChI is InChI=1S/C16H30O6/c1-3-5-6-8-16(18)22-14-12-20-10-9-19-11-13-21-15(17)7-4-2/h3-14H2,1-2H3. The lowest BCUT2D eigenvalue weighted by molar-refractivity contribution is -0.147. The highest BCUT2D eigenvalue weighted by molar-refractivity contribution is 5.69. The molecule has 22 heavy (non-hydrogen) atoms. The van der Waals surface area contributed by atoms with Gasteiger partial charge in [-0.1, -0.05) is 26.7 Å². The number of unbranched alkanes of at least 4 members (excludes halogenated alkanes) is 2. The first kappa shape index (κ1) is 20.9. The van der Waals surface area contributed by atoms with E-state index in [1.54, 1.807) is 0 Å². The third-order valence-electron chi connectivity index (χ3n) is 2.79. The molecule has 0 aromatic carbocycles. The molecule has 0 saturated carbocycles. The third-order valence-corrected chi connectivity index (χ3v) is 2.79. The summed E-state index contributed by atoms with van der Waals surface area (Å²) >= 11 is 0. The molecule has 130 valence electrons. The van der Waals surface area contributed by atoms with Crippen molar-refractivity contribution in [3.8, 4) is 0 Å². The summed E-state index contributed by atoms with van der Waals surface area (Å²) in [5.41, 5.74) is 0. The Bertz CT molecular complexity index is 280. The number of carbonyl (C=O) groups is 2. The van der Waals surface area contributed by atoms with Gasteiger partial charge in [-0.2, -0.15) is 0 Å². The number of esters is 2. The van der Waals surface area contributed by atoms with E-state index in [-0.39, 0.29) is 25.2 Å². The van der Waals surface area contributed by atoms with Crippen molar-refractivity contribution in [1.29, 1.82) is 0 Å².